The number of nitriles is 1. The average molecular weight is 506 g/mol. The molecule has 0 radical (unpaired) electrons. The number of hydrogen-bond donors (Lipinski definition) is 0. The summed E-state index contributed by atoms with van der Waals surface area (Å²) in [5.41, 5.74) is 0.607. The third-order valence-electron chi connectivity index (χ3n) is 4.52. The topological polar surface area (TPSA) is 76.4 Å². The molecule has 0 spiro atoms. The Labute approximate surface area is 201 Å². The predicted molar refractivity (Wildman–Crippen MR) is 126 cm³/mol. The van der Waals surface area contributed by atoms with Crippen LogP contribution in [0.5, 0.6) is 11.5 Å². The van der Waals surface area contributed by atoms with E-state index in [-0.39, 0.29) is 22.1 Å². The minimum Gasteiger partial charge on any atom is -0.490 e. The largest absolute Gasteiger partial charge is 0.490 e. The lowest BCUT2D eigenvalue weighted by molar-refractivity contribution is 0.266. The van der Waals surface area contributed by atoms with Gasteiger partial charge in [-0.3, -0.25) is 0 Å². The second-order valence-corrected chi connectivity index (χ2v) is 9.47. The van der Waals surface area contributed by atoms with E-state index in [1.54, 1.807) is 31.2 Å². The van der Waals surface area contributed by atoms with Crippen LogP contribution >= 0.6 is 23.2 Å². The molecule has 0 bridgehead atoms. The van der Waals surface area contributed by atoms with Crippen molar-refractivity contribution in [3.63, 3.8) is 0 Å². The Hall–Kier alpha value is -3.05. The maximum Gasteiger partial charge on any atom is 0.216 e. The SMILES string of the molecule is CCOc1cc(C=C(C#N)S(=O)(=O)c2ccc(Cl)cc2)ccc1OCc1c(F)cccc1Cl. The van der Waals surface area contributed by atoms with E-state index in [1.165, 1.54) is 48.5 Å². The lowest BCUT2D eigenvalue weighted by atomic mass is 10.2. The first-order chi connectivity index (χ1) is 15.8. The molecule has 0 aromatic heterocycles. The van der Waals surface area contributed by atoms with E-state index in [1.807, 2.05) is 0 Å². The second-order valence-electron chi connectivity index (χ2n) is 6.71. The molecule has 0 aliphatic rings. The van der Waals surface area contributed by atoms with Gasteiger partial charge in [0.05, 0.1) is 16.5 Å². The van der Waals surface area contributed by atoms with Crippen molar-refractivity contribution in [2.75, 3.05) is 6.61 Å². The smallest absolute Gasteiger partial charge is 0.216 e. The number of halogens is 3. The molecular formula is C24H18Cl2FNO4S. The fraction of sp³-hybridized carbons (Fsp3) is 0.125. The molecule has 0 saturated heterocycles. The molecule has 3 aromatic carbocycles. The van der Waals surface area contributed by atoms with Crippen molar-refractivity contribution in [1.82, 2.24) is 0 Å². The maximum absolute atomic E-state index is 14.0. The molecule has 170 valence electrons. The van der Waals surface area contributed by atoms with Crippen LogP contribution in [0, 0.1) is 17.1 Å². The molecule has 0 fully saturated rings. The third-order valence-corrected chi connectivity index (χ3v) is 6.81. The van der Waals surface area contributed by atoms with E-state index in [9.17, 15) is 18.1 Å². The van der Waals surface area contributed by atoms with E-state index in [0.717, 1.165) is 0 Å². The third kappa shape index (κ3) is 5.85. The number of nitrogens with zero attached hydrogens (tertiary/aromatic N) is 1. The molecule has 0 amide bonds. The number of allylic oxidation sites excluding steroid dienone is 1. The molecule has 0 aliphatic carbocycles. The minimum atomic E-state index is -4.04. The number of ether oxygens (including phenoxy) is 2. The van der Waals surface area contributed by atoms with Gasteiger partial charge in [0.25, 0.3) is 0 Å². The highest BCUT2D eigenvalue weighted by atomic mass is 35.5. The average Bonchev–Trinajstić information content (AvgIpc) is 2.78. The van der Waals surface area contributed by atoms with Crippen LogP contribution < -0.4 is 9.47 Å². The van der Waals surface area contributed by atoms with Crippen molar-refractivity contribution in [3.05, 3.63) is 92.6 Å². The van der Waals surface area contributed by atoms with Gasteiger partial charge in [-0.25, -0.2) is 12.8 Å². The van der Waals surface area contributed by atoms with E-state index in [4.69, 9.17) is 32.7 Å². The van der Waals surface area contributed by atoms with Crippen molar-refractivity contribution in [3.8, 4) is 17.6 Å². The summed E-state index contributed by atoms with van der Waals surface area (Å²) in [6.45, 7) is 1.94. The first-order valence-corrected chi connectivity index (χ1v) is 11.9. The second kappa shape index (κ2) is 10.7. The molecular weight excluding hydrogens is 488 g/mol. The van der Waals surface area contributed by atoms with Crippen LogP contribution in [-0.2, 0) is 16.4 Å². The van der Waals surface area contributed by atoms with Gasteiger partial charge in [-0.2, -0.15) is 5.26 Å². The van der Waals surface area contributed by atoms with Crippen molar-refractivity contribution in [2.24, 2.45) is 0 Å². The van der Waals surface area contributed by atoms with Gasteiger partial charge >= 0.3 is 0 Å². The molecule has 0 atom stereocenters. The molecule has 0 unspecified atom stereocenters. The lowest BCUT2D eigenvalue weighted by Crippen LogP contribution is -2.04. The normalized spacial score (nSPS) is 11.7. The van der Waals surface area contributed by atoms with E-state index in [0.29, 0.717) is 28.7 Å². The Morgan fingerprint density at radius 2 is 1.79 bits per heavy atom. The lowest BCUT2D eigenvalue weighted by Gasteiger charge is -2.14. The minimum absolute atomic E-state index is 0.0496. The highest BCUT2D eigenvalue weighted by Crippen LogP contribution is 2.32. The van der Waals surface area contributed by atoms with Gasteiger partial charge in [0.2, 0.25) is 9.84 Å². The Morgan fingerprint density at radius 3 is 2.42 bits per heavy atom. The van der Waals surface area contributed by atoms with Crippen LogP contribution in [0.25, 0.3) is 6.08 Å². The van der Waals surface area contributed by atoms with Gasteiger partial charge in [-0.15, -0.1) is 0 Å². The fourth-order valence-electron chi connectivity index (χ4n) is 2.88. The summed E-state index contributed by atoms with van der Waals surface area (Å²) in [4.78, 5) is -0.495. The highest BCUT2D eigenvalue weighted by Gasteiger charge is 2.21. The Kier molecular flexibility index (Phi) is 7.98. The van der Waals surface area contributed by atoms with Gasteiger partial charge in [0.15, 0.2) is 11.5 Å². The molecule has 0 saturated carbocycles. The summed E-state index contributed by atoms with van der Waals surface area (Å²) < 4.78 is 51.0. The summed E-state index contributed by atoms with van der Waals surface area (Å²) >= 11 is 11.9. The van der Waals surface area contributed by atoms with Crippen LogP contribution in [0.3, 0.4) is 0 Å². The Morgan fingerprint density at radius 1 is 1.06 bits per heavy atom. The van der Waals surface area contributed by atoms with Crippen LogP contribution in [0.1, 0.15) is 18.1 Å². The van der Waals surface area contributed by atoms with Gasteiger partial charge < -0.3 is 9.47 Å². The quantitative estimate of drug-likeness (QED) is 0.328. The standard InChI is InChI=1S/C24H18Cl2FNO4S/c1-2-31-24-13-16(6-11-23(24)32-15-20-21(26)4-3-5-22(20)27)12-19(14-28)33(29,30)18-9-7-17(25)8-10-18/h3-13H,2,15H2,1H3. The Bertz CT molecular complexity index is 1310. The monoisotopic (exact) mass is 505 g/mol. The summed E-state index contributed by atoms with van der Waals surface area (Å²) in [5.74, 6) is 0.123. The molecule has 3 rings (SSSR count). The molecule has 0 N–H and O–H groups in total. The van der Waals surface area contributed by atoms with Crippen LogP contribution in [0.2, 0.25) is 10.0 Å². The van der Waals surface area contributed by atoms with Crippen LogP contribution in [0.4, 0.5) is 4.39 Å². The zero-order valence-electron chi connectivity index (χ0n) is 17.4. The van der Waals surface area contributed by atoms with Gasteiger partial charge in [-0.05, 0) is 67.1 Å². The highest BCUT2D eigenvalue weighted by molar-refractivity contribution is 7.95. The number of rotatable bonds is 8. The van der Waals surface area contributed by atoms with Gasteiger partial charge in [0, 0.05) is 10.6 Å². The van der Waals surface area contributed by atoms with Crippen molar-refractivity contribution < 1.29 is 22.3 Å². The summed E-state index contributed by atoms with van der Waals surface area (Å²) in [6, 6.07) is 16.3. The summed E-state index contributed by atoms with van der Waals surface area (Å²) in [5, 5.41) is 10.1. The molecule has 9 heteroatoms. The zero-order valence-corrected chi connectivity index (χ0v) is 19.7. The van der Waals surface area contributed by atoms with Crippen LogP contribution in [-0.4, -0.2) is 15.0 Å². The molecule has 33 heavy (non-hydrogen) atoms. The van der Waals surface area contributed by atoms with E-state index >= 15 is 0 Å². The van der Waals surface area contributed by atoms with E-state index in [2.05, 4.69) is 0 Å². The number of benzene rings is 3. The number of hydrogen-bond acceptors (Lipinski definition) is 5. The van der Waals surface area contributed by atoms with Crippen molar-refractivity contribution >= 4 is 39.1 Å². The predicted octanol–water partition coefficient (Wildman–Crippen LogP) is 6.45. The summed E-state index contributed by atoms with van der Waals surface area (Å²) in [6.07, 6.45) is 1.24. The van der Waals surface area contributed by atoms with Crippen LogP contribution in [0.15, 0.2) is 70.5 Å². The first kappa shape index (κ1) is 24.6. The van der Waals surface area contributed by atoms with Crippen molar-refractivity contribution in [1.29, 1.82) is 5.26 Å². The van der Waals surface area contributed by atoms with E-state index < -0.39 is 20.6 Å². The van der Waals surface area contributed by atoms with Gasteiger partial charge in [-0.1, -0.05) is 35.3 Å². The molecule has 0 heterocycles. The molecule has 0 aliphatic heterocycles. The summed E-state index contributed by atoms with van der Waals surface area (Å²) in [7, 11) is -4.04. The fourth-order valence-corrected chi connectivity index (χ4v) is 4.39. The maximum atomic E-state index is 14.0. The van der Waals surface area contributed by atoms with Gasteiger partial charge in [0.1, 0.15) is 23.4 Å². The Balaban J connectivity index is 1.92. The molecule has 3 aromatic rings. The first-order valence-electron chi connectivity index (χ1n) is 9.71. The molecule has 5 nitrogen and oxygen atoms in total. The number of sulfone groups is 1. The zero-order chi connectivity index (χ0) is 24.0. The van der Waals surface area contributed by atoms with Crippen molar-refractivity contribution in [2.45, 2.75) is 18.4 Å².